The Labute approximate surface area is 162 Å². The van der Waals surface area contributed by atoms with Gasteiger partial charge in [-0.05, 0) is 68.1 Å². The summed E-state index contributed by atoms with van der Waals surface area (Å²) in [5.74, 6) is 0.191. The number of amides is 1. The van der Waals surface area contributed by atoms with Crippen molar-refractivity contribution >= 4 is 5.91 Å². The molecular formula is C23H29N3O. The predicted octanol–water partition coefficient (Wildman–Crippen LogP) is 3.19. The minimum Gasteiger partial charge on any atom is -0.351 e. The summed E-state index contributed by atoms with van der Waals surface area (Å²) in [7, 11) is 0. The molecule has 2 aliphatic heterocycles. The minimum atomic E-state index is 0.0467. The molecule has 1 atom stereocenters. The van der Waals surface area contributed by atoms with Crippen LogP contribution in [0.15, 0.2) is 54.6 Å². The molecule has 2 aromatic carbocycles. The molecule has 0 saturated carbocycles. The molecule has 2 fully saturated rings. The zero-order valence-corrected chi connectivity index (χ0v) is 15.9. The average molecular weight is 364 g/mol. The molecule has 2 aliphatic rings. The van der Waals surface area contributed by atoms with E-state index in [1.165, 1.54) is 11.1 Å². The highest BCUT2D eigenvalue weighted by Gasteiger charge is 2.35. The van der Waals surface area contributed by atoms with Crippen LogP contribution in [0.5, 0.6) is 0 Å². The molecule has 0 bridgehead atoms. The third kappa shape index (κ3) is 4.40. The molecule has 2 N–H and O–H groups in total. The predicted molar refractivity (Wildman–Crippen MR) is 109 cm³/mol. The molecule has 0 aliphatic carbocycles. The topological polar surface area (TPSA) is 44.4 Å². The largest absolute Gasteiger partial charge is 0.351 e. The first-order chi connectivity index (χ1) is 13.3. The van der Waals surface area contributed by atoms with Crippen molar-refractivity contribution in [2.75, 3.05) is 19.6 Å². The van der Waals surface area contributed by atoms with Gasteiger partial charge in [0, 0.05) is 12.6 Å². The minimum absolute atomic E-state index is 0.0467. The Bertz CT molecular complexity index is 755. The van der Waals surface area contributed by atoms with E-state index in [2.05, 4.69) is 64.1 Å². The number of nitrogens with one attached hydrogen (secondary N) is 2. The van der Waals surface area contributed by atoms with Crippen molar-refractivity contribution in [2.45, 2.75) is 44.3 Å². The van der Waals surface area contributed by atoms with Gasteiger partial charge in [0.25, 0.3) is 0 Å². The maximum Gasteiger partial charge on any atom is 0.237 e. The van der Waals surface area contributed by atoms with Crippen LogP contribution in [0, 0.1) is 0 Å². The van der Waals surface area contributed by atoms with Crippen LogP contribution in [-0.4, -0.2) is 42.5 Å². The maximum absolute atomic E-state index is 12.9. The van der Waals surface area contributed by atoms with E-state index >= 15 is 0 Å². The highest BCUT2D eigenvalue weighted by molar-refractivity contribution is 5.82. The maximum atomic E-state index is 12.9. The smallest absolute Gasteiger partial charge is 0.237 e. The Morgan fingerprint density at radius 1 is 1.00 bits per heavy atom. The monoisotopic (exact) mass is 363 g/mol. The molecule has 4 heteroatoms. The van der Waals surface area contributed by atoms with E-state index in [4.69, 9.17) is 0 Å². The normalized spacial score (nSPS) is 21.3. The second-order valence-electron chi connectivity index (χ2n) is 7.66. The second-order valence-corrected chi connectivity index (χ2v) is 7.66. The lowest BCUT2D eigenvalue weighted by Gasteiger charge is -2.35. The highest BCUT2D eigenvalue weighted by Crippen LogP contribution is 2.25. The van der Waals surface area contributed by atoms with E-state index in [0.29, 0.717) is 12.6 Å². The van der Waals surface area contributed by atoms with Gasteiger partial charge in [0.1, 0.15) is 0 Å². The van der Waals surface area contributed by atoms with Crippen molar-refractivity contribution in [3.05, 3.63) is 60.2 Å². The Morgan fingerprint density at radius 3 is 2.59 bits per heavy atom. The Kier molecular flexibility index (Phi) is 5.85. The van der Waals surface area contributed by atoms with E-state index in [1.54, 1.807) is 0 Å². The zero-order valence-electron chi connectivity index (χ0n) is 15.9. The molecule has 2 heterocycles. The van der Waals surface area contributed by atoms with Gasteiger partial charge in [0.05, 0.1) is 6.04 Å². The molecule has 1 amide bonds. The van der Waals surface area contributed by atoms with Crippen molar-refractivity contribution in [3.63, 3.8) is 0 Å². The molecular weight excluding hydrogens is 334 g/mol. The lowest BCUT2D eigenvalue weighted by molar-refractivity contribution is -0.126. The molecule has 0 spiro atoms. The van der Waals surface area contributed by atoms with Crippen molar-refractivity contribution < 1.29 is 4.79 Å². The van der Waals surface area contributed by atoms with E-state index in [9.17, 15) is 4.79 Å². The van der Waals surface area contributed by atoms with Crippen LogP contribution in [0.2, 0.25) is 0 Å². The summed E-state index contributed by atoms with van der Waals surface area (Å²) in [6, 6.07) is 19.4. The Morgan fingerprint density at radius 2 is 1.78 bits per heavy atom. The molecule has 4 nitrogen and oxygen atoms in total. The second kappa shape index (κ2) is 8.68. The molecule has 0 radical (unpaired) electrons. The van der Waals surface area contributed by atoms with Crippen molar-refractivity contribution in [1.82, 2.24) is 15.5 Å². The number of hydrogen-bond donors (Lipinski definition) is 2. The molecule has 2 saturated heterocycles. The number of carbonyl (C=O) groups is 1. The van der Waals surface area contributed by atoms with Gasteiger partial charge in [-0.3, -0.25) is 9.69 Å². The van der Waals surface area contributed by atoms with Gasteiger partial charge in [0.15, 0.2) is 0 Å². The summed E-state index contributed by atoms with van der Waals surface area (Å²) in [5.41, 5.74) is 3.55. The van der Waals surface area contributed by atoms with Gasteiger partial charge in [-0.15, -0.1) is 0 Å². The number of nitrogens with zero attached hydrogens (tertiary/aromatic N) is 1. The van der Waals surface area contributed by atoms with E-state index in [0.717, 1.165) is 50.9 Å². The van der Waals surface area contributed by atoms with Crippen LogP contribution in [0.1, 0.15) is 31.2 Å². The fourth-order valence-electron chi connectivity index (χ4n) is 4.44. The first kappa shape index (κ1) is 18.2. The third-order valence-electron chi connectivity index (χ3n) is 5.88. The van der Waals surface area contributed by atoms with E-state index < -0.39 is 0 Å². The molecule has 4 rings (SSSR count). The summed E-state index contributed by atoms with van der Waals surface area (Å²) in [6.45, 7) is 3.80. The first-order valence-corrected chi connectivity index (χ1v) is 10.2. The number of rotatable bonds is 5. The number of piperidine rings is 1. The Hall–Kier alpha value is -2.17. The van der Waals surface area contributed by atoms with Crippen molar-refractivity contribution in [3.8, 4) is 11.1 Å². The van der Waals surface area contributed by atoms with Gasteiger partial charge < -0.3 is 10.6 Å². The summed E-state index contributed by atoms with van der Waals surface area (Å²) in [5, 5.41) is 6.61. The molecule has 142 valence electrons. The van der Waals surface area contributed by atoms with Gasteiger partial charge in [0.2, 0.25) is 5.91 Å². The lowest BCUT2D eigenvalue weighted by Crippen LogP contribution is -2.50. The lowest BCUT2D eigenvalue weighted by atomic mass is 10.0. The SMILES string of the molecule is O=C(NCc1cccc(-c2ccccc2)c1)C1CCCN1C1CCNCC1. The number of likely N-dealkylation sites (tertiary alicyclic amines) is 1. The average Bonchev–Trinajstić information content (AvgIpc) is 3.24. The van der Waals surface area contributed by atoms with Gasteiger partial charge in [-0.1, -0.05) is 48.5 Å². The van der Waals surface area contributed by atoms with E-state index in [1.807, 2.05) is 6.07 Å². The molecule has 2 aromatic rings. The fourth-order valence-corrected chi connectivity index (χ4v) is 4.44. The van der Waals surface area contributed by atoms with Crippen molar-refractivity contribution in [2.24, 2.45) is 0 Å². The van der Waals surface area contributed by atoms with Gasteiger partial charge >= 0.3 is 0 Å². The van der Waals surface area contributed by atoms with Crippen LogP contribution in [0.4, 0.5) is 0 Å². The summed E-state index contributed by atoms with van der Waals surface area (Å²) in [6.07, 6.45) is 4.43. The van der Waals surface area contributed by atoms with Crippen LogP contribution in [-0.2, 0) is 11.3 Å². The van der Waals surface area contributed by atoms with E-state index in [-0.39, 0.29) is 11.9 Å². The quantitative estimate of drug-likeness (QED) is 0.858. The number of carbonyl (C=O) groups excluding carboxylic acids is 1. The standard InChI is InChI=1S/C23H29N3O/c27-23(22-10-5-15-26(22)21-11-13-24-14-12-21)25-17-18-6-4-9-20(16-18)19-7-2-1-3-8-19/h1-4,6-9,16,21-22,24H,5,10-15,17H2,(H,25,27). The fraction of sp³-hybridized carbons (Fsp3) is 0.435. The Balaban J connectivity index is 1.37. The third-order valence-corrected chi connectivity index (χ3v) is 5.88. The van der Waals surface area contributed by atoms with Crippen LogP contribution in [0.3, 0.4) is 0 Å². The summed E-state index contributed by atoms with van der Waals surface area (Å²) in [4.78, 5) is 15.3. The summed E-state index contributed by atoms with van der Waals surface area (Å²) >= 11 is 0. The zero-order chi connectivity index (χ0) is 18.5. The number of benzene rings is 2. The van der Waals surface area contributed by atoms with Crippen LogP contribution in [0.25, 0.3) is 11.1 Å². The van der Waals surface area contributed by atoms with Gasteiger partial charge in [-0.2, -0.15) is 0 Å². The molecule has 27 heavy (non-hydrogen) atoms. The summed E-state index contributed by atoms with van der Waals surface area (Å²) < 4.78 is 0. The molecule has 0 aromatic heterocycles. The van der Waals surface area contributed by atoms with Crippen LogP contribution < -0.4 is 10.6 Å². The number of hydrogen-bond acceptors (Lipinski definition) is 3. The van der Waals surface area contributed by atoms with Gasteiger partial charge in [-0.25, -0.2) is 0 Å². The van der Waals surface area contributed by atoms with Crippen molar-refractivity contribution in [1.29, 1.82) is 0 Å². The van der Waals surface area contributed by atoms with Crippen LogP contribution >= 0.6 is 0 Å². The molecule has 1 unspecified atom stereocenters. The first-order valence-electron chi connectivity index (χ1n) is 10.2. The highest BCUT2D eigenvalue weighted by atomic mass is 16.2.